The molecule has 0 aromatic heterocycles. The first-order valence-electron chi connectivity index (χ1n) is 10.2. The molecule has 0 unspecified atom stereocenters. The Bertz CT molecular complexity index is 803. The van der Waals surface area contributed by atoms with Gasteiger partial charge in [0.25, 0.3) is 5.91 Å². The molecule has 2 saturated heterocycles. The maximum absolute atomic E-state index is 13.2. The number of nitrogens with zero attached hydrogens (tertiary/aromatic N) is 2. The van der Waals surface area contributed by atoms with Gasteiger partial charge < -0.3 is 10.4 Å². The van der Waals surface area contributed by atoms with Gasteiger partial charge in [-0.05, 0) is 37.7 Å². The highest BCUT2D eigenvalue weighted by Crippen LogP contribution is 2.25. The largest absolute Gasteiger partial charge is 0.480 e. The van der Waals surface area contributed by atoms with Crippen LogP contribution in [0.2, 0.25) is 0 Å². The van der Waals surface area contributed by atoms with Gasteiger partial charge in [-0.25, -0.2) is 9.80 Å². The first kappa shape index (κ1) is 22.3. The maximum Gasteiger partial charge on any atom is 0.328 e. The number of nitrogens with one attached hydrogen (secondary N) is 1. The number of carbonyl (C=O) groups excluding carboxylic acids is 3. The normalized spacial score (nSPS) is 23.2. The molecule has 2 aliphatic heterocycles. The monoisotopic (exact) mass is 433 g/mol. The summed E-state index contributed by atoms with van der Waals surface area (Å²) in [6.45, 7) is 2.63. The first-order chi connectivity index (χ1) is 14.4. The number of hydrogen-bond donors (Lipinski definition) is 2. The van der Waals surface area contributed by atoms with Crippen molar-refractivity contribution >= 4 is 34.7 Å². The number of carboxylic acid groups (broad SMARTS) is 1. The summed E-state index contributed by atoms with van der Waals surface area (Å²) in [5.74, 6) is -1.80. The maximum atomic E-state index is 13.2. The number of amides is 2. The van der Waals surface area contributed by atoms with Gasteiger partial charge in [-0.1, -0.05) is 42.1 Å². The van der Waals surface area contributed by atoms with Crippen LogP contribution in [0.3, 0.4) is 0 Å². The summed E-state index contributed by atoms with van der Waals surface area (Å²) in [5, 5.41) is 14.7. The average Bonchev–Trinajstić information content (AvgIpc) is 2.87. The minimum Gasteiger partial charge on any atom is -0.480 e. The fraction of sp³-hybridized carbons (Fsp3) is 0.524. The molecule has 1 aromatic rings. The van der Waals surface area contributed by atoms with E-state index in [1.54, 1.807) is 5.01 Å². The Balaban J connectivity index is 1.74. The van der Waals surface area contributed by atoms with Crippen molar-refractivity contribution in [3.05, 3.63) is 35.9 Å². The van der Waals surface area contributed by atoms with Gasteiger partial charge in [0.1, 0.15) is 12.1 Å². The molecule has 0 saturated carbocycles. The summed E-state index contributed by atoms with van der Waals surface area (Å²) < 4.78 is 0. The zero-order valence-corrected chi connectivity index (χ0v) is 17.8. The van der Waals surface area contributed by atoms with Crippen molar-refractivity contribution in [3.8, 4) is 0 Å². The van der Waals surface area contributed by atoms with Crippen LogP contribution in [0.4, 0.5) is 0 Å². The molecule has 0 spiro atoms. The van der Waals surface area contributed by atoms with Crippen LogP contribution in [0.5, 0.6) is 0 Å². The van der Waals surface area contributed by atoms with Crippen LogP contribution in [0.25, 0.3) is 0 Å². The third-order valence-electron chi connectivity index (χ3n) is 5.39. The average molecular weight is 434 g/mol. The van der Waals surface area contributed by atoms with E-state index in [9.17, 15) is 24.3 Å². The Labute approximate surface area is 179 Å². The van der Waals surface area contributed by atoms with Crippen LogP contribution in [-0.2, 0) is 25.6 Å². The lowest BCUT2D eigenvalue weighted by molar-refractivity contribution is -0.174. The molecule has 0 bridgehead atoms. The number of benzene rings is 1. The molecule has 30 heavy (non-hydrogen) atoms. The van der Waals surface area contributed by atoms with Crippen molar-refractivity contribution in [2.45, 2.75) is 56.4 Å². The molecule has 9 heteroatoms. The van der Waals surface area contributed by atoms with Crippen LogP contribution in [0, 0.1) is 0 Å². The minimum atomic E-state index is -1.03. The third kappa shape index (κ3) is 5.40. The van der Waals surface area contributed by atoms with E-state index < -0.39 is 23.3 Å². The smallest absolute Gasteiger partial charge is 0.328 e. The van der Waals surface area contributed by atoms with E-state index >= 15 is 0 Å². The van der Waals surface area contributed by atoms with E-state index in [0.717, 1.165) is 17.3 Å². The second-order valence-corrected chi connectivity index (χ2v) is 9.00. The lowest BCUT2D eigenvalue weighted by Crippen LogP contribution is -2.61. The van der Waals surface area contributed by atoms with Gasteiger partial charge in [0, 0.05) is 20.0 Å². The Kier molecular flexibility index (Phi) is 7.49. The molecule has 2 amide bonds. The van der Waals surface area contributed by atoms with Crippen LogP contribution >= 0.6 is 11.8 Å². The number of thioether (sulfide) groups is 1. The summed E-state index contributed by atoms with van der Waals surface area (Å²) in [5.41, 5.74) is 0.923. The summed E-state index contributed by atoms with van der Waals surface area (Å²) in [7, 11) is 0. The number of rotatable bonds is 6. The van der Waals surface area contributed by atoms with E-state index in [0.29, 0.717) is 45.2 Å². The summed E-state index contributed by atoms with van der Waals surface area (Å²) >= 11 is 0.945. The van der Waals surface area contributed by atoms with Gasteiger partial charge in [0.2, 0.25) is 5.91 Å². The number of carbonyl (C=O) groups is 4. The Morgan fingerprint density at radius 1 is 1.17 bits per heavy atom. The summed E-state index contributed by atoms with van der Waals surface area (Å²) in [4.78, 5) is 49.5. The van der Waals surface area contributed by atoms with Gasteiger partial charge in [-0.2, -0.15) is 0 Å². The summed E-state index contributed by atoms with van der Waals surface area (Å²) in [6.07, 6.45) is 2.59. The topological polar surface area (TPSA) is 107 Å². The van der Waals surface area contributed by atoms with Crippen LogP contribution in [0.15, 0.2) is 30.3 Å². The van der Waals surface area contributed by atoms with E-state index in [1.807, 2.05) is 30.3 Å². The lowest BCUT2D eigenvalue weighted by atomic mass is 10.1. The van der Waals surface area contributed by atoms with E-state index in [4.69, 9.17) is 0 Å². The SMILES string of the molecule is CC(=O)S[C@H](Cc1ccccc1)C(=O)N[C@@H]1CCCN2CCC[C@H](C(=O)O)N2C1=O. The number of hydrogen-bond acceptors (Lipinski definition) is 6. The zero-order chi connectivity index (χ0) is 21.7. The number of aliphatic carboxylic acids is 1. The van der Waals surface area contributed by atoms with Gasteiger partial charge in [0.15, 0.2) is 5.12 Å². The Morgan fingerprint density at radius 2 is 1.83 bits per heavy atom. The molecule has 2 heterocycles. The quantitative estimate of drug-likeness (QED) is 0.699. The van der Waals surface area contributed by atoms with Gasteiger partial charge >= 0.3 is 5.97 Å². The number of fused-ring (bicyclic) bond motifs is 1. The highest BCUT2D eigenvalue weighted by molar-refractivity contribution is 8.14. The van der Waals surface area contributed by atoms with Crippen LogP contribution < -0.4 is 5.32 Å². The molecule has 3 rings (SSSR count). The van der Waals surface area contributed by atoms with Crippen LogP contribution in [-0.4, -0.2) is 68.4 Å². The number of hydrazine groups is 1. The Hall–Kier alpha value is -2.39. The highest BCUT2D eigenvalue weighted by Gasteiger charge is 2.42. The molecule has 1 aromatic carbocycles. The second kappa shape index (κ2) is 10.1. The lowest BCUT2D eigenvalue weighted by Gasteiger charge is -2.42. The van der Waals surface area contributed by atoms with Crippen molar-refractivity contribution in [2.75, 3.05) is 13.1 Å². The molecule has 2 N–H and O–H groups in total. The molecule has 2 fully saturated rings. The Morgan fingerprint density at radius 3 is 2.47 bits per heavy atom. The highest BCUT2D eigenvalue weighted by atomic mass is 32.2. The van der Waals surface area contributed by atoms with Crippen molar-refractivity contribution < 1.29 is 24.3 Å². The molecule has 2 aliphatic rings. The molecule has 3 atom stereocenters. The first-order valence-corrected chi connectivity index (χ1v) is 11.1. The zero-order valence-electron chi connectivity index (χ0n) is 17.0. The van der Waals surface area contributed by atoms with Gasteiger partial charge in [0.05, 0.1) is 5.25 Å². The van der Waals surface area contributed by atoms with Gasteiger partial charge in [-0.15, -0.1) is 0 Å². The molecule has 162 valence electrons. The molecule has 8 nitrogen and oxygen atoms in total. The van der Waals surface area contributed by atoms with Crippen molar-refractivity contribution in [1.82, 2.24) is 15.3 Å². The van der Waals surface area contributed by atoms with Crippen molar-refractivity contribution in [2.24, 2.45) is 0 Å². The number of carboxylic acids is 1. The molecule has 0 radical (unpaired) electrons. The second-order valence-electron chi connectivity index (χ2n) is 7.62. The predicted octanol–water partition coefficient (Wildman–Crippen LogP) is 1.45. The van der Waals surface area contributed by atoms with E-state index in [1.165, 1.54) is 11.9 Å². The minimum absolute atomic E-state index is 0.175. The van der Waals surface area contributed by atoms with Crippen molar-refractivity contribution in [1.29, 1.82) is 0 Å². The van der Waals surface area contributed by atoms with E-state index in [-0.39, 0.29) is 16.9 Å². The molecular formula is C21H27N3O5S. The van der Waals surface area contributed by atoms with Crippen LogP contribution in [0.1, 0.15) is 38.2 Å². The fourth-order valence-corrected chi connectivity index (χ4v) is 4.86. The summed E-state index contributed by atoms with van der Waals surface area (Å²) in [6, 6.07) is 7.69. The fourth-order valence-electron chi connectivity index (χ4n) is 4.01. The van der Waals surface area contributed by atoms with Crippen molar-refractivity contribution in [3.63, 3.8) is 0 Å². The van der Waals surface area contributed by atoms with Gasteiger partial charge in [-0.3, -0.25) is 19.4 Å². The van der Waals surface area contributed by atoms with E-state index in [2.05, 4.69) is 5.32 Å². The molecule has 0 aliphatic carbocycles. The standard InChI is InChI=1S/C21H27N3O5S/c1-14(25)30-18(13-15-7-3-2-4-8-15)19(26)22-16-9-5-11-23-12-6-10-17(21(28)29)24(23)20(16)27/h2-4,7-8,16-18H,5-6,9-13H2,1H3,(H,22,26)(H,28,29)/t16-,17-,18-/m1/s1. The molecular weight excluding hydrogens is 406 g/mol. The predicted molar refractivity (Wildman–Crippen MR) is 112 cm³/mol. The third-order valence-corrected chi connectivity index (χ3v) is 6.39.